The Morgan fingerprint density at radius 3 is 2.69 bits per heavy atom. The molecule has 2 aromatic rings. The Bertz CT molecular complexity index is 551. The lowest BCUT2D eigenvalue weighted by Crippen LogP contribution is -1.96. The van der Waals surface area contributed by atoms with Crippen molar-refractivity contribution in [3.8, 4) is 11.1 Å². The first-order valence-corrected chi connectivity index (χ1v) is 5.62. The summed E-state index contributed by atoms with van der Waals surface area (Å²) in [6.07, 6.45) is 3.06. The van der Waals surface area contributed by atoms with Crippen molar-refractivity contribution in [1.29, 1.82) is 0 Å². The number of aromatic amines is 1. The molecule has 0 spiro atoms. The number of hydrogen-bond donors (Lipinski definition) is 2. The van der Waals surface area contributed by atoms with E-state index in [1.54, 1.807) is 18.3 Å². The van der Waals surface area contributed by atoms with Gasteiger partial charge in [-0.2, -0.15) is 0 Å². The van der Waals surface area contributed by atoms with Gasteiger partial charge in [0.1, 0.15) is 0 Å². The third-order valence-electron chi connectivity index (χ3n) is 2.20. The summed E-state index contributed by atoms with van der Waals surface area (Å²) in [6.45, 7) is 0. The van der Waals surface area contributed by atoms with E-state index in [0.29, 0.717) is 16.1 Å². The molecule has 1 aromatic carbocycles. The maximum absolute atomic E-state index is 11.0. The molecule has 0 aliphatic heterocycles. The topological polar surface area (TPSA) is 53.1 Å². The van der Waals surface area contributed by atoms with E-state index in [4.69, 9.17) is 16.7 Å². The minimum absolute atomic E-state index is 0.212. The van der Waals surface area contributed by atoms with Gasteiger partial charge in [-0.1, -0.05) is 33.6 Å². The van der Waals surface area contributed by atoms with Crippen LogP contribution in [0.3, 0.4) is 0 Å². The molecule has 3 nitrogen and oxygen atoms in total. The zero-order valence-electron chi connectivity index (χ0n) is 8.00. The van der Waals surface area contributed by atoms with Crippen LogP contribution in [0.2, 0.25) is 5.02 Å². The molecule has 0 saturated heterocycles. The molecule has 0 atom stereocenters. The first kappa shape index (κ1) is 11.2. The normalized spacial score (nSPS) is 10.4. The van der Waals surface area contributed by atoms with Gasteiger partial charge in [0.05, 0.1) is 5.56 Å². The molecule has 0 fully saturated rings. The van der Waals surface area contributed by atoms with Gasteiger partial charge < -0.3 is 10.1 Å². The van der Waals surface area contributed by atoms with E-state index in [1.807, 2.05) is 6.07 Å². The molecule has 82 valence electrons. The predicted molar refractivity (Wildman–Crippen MR) is 65.9 cm³/mol. The fraction of sp³-hybridized carbons (Fsp3) is 0. The number of carboxylic acid groups (broad SMARTS) is 1. The standard InChI is InChI=1S/C11H7BrClNO2/c12-6-1-2-7(10(13)3-6)8-4-14-5-9(8)11(15)16/h1-5,14H,(H,15,16). The number of aromatic nitrogens is 1. The molecule has 1 heterocycles. The summed E-state index contributed by atoms with van der Waals surface area (Å²) in [7, 11) is 0. The van der Waals surface area contributed by atoms with Gasteiger partial charge in [0.2, 0.25) is 0 Å². The number of hydrogen-bond acceptors (Lipinski definition) is 1. The van der Waals surface area contributed by atoms with Crippen molar-refractivity contribution in [2.45, 2.75) is 0 Å². The van der Waals surface area contributed by atoms with E-state index in [-0.39, 0.29) is 5.56 Å². The highest BCUT2D eigenvalue weighted by Crippen LogP contribution is 2.32. The average Bonchev–Trinajstić information content (AvgIpc) is 2.66. The Hall–Kier alpha value is -1.26. The number of carbonyl (C=O) groups is 1. The minimum Gasteiger partial charge on any atom is -0.478 e. The Morgan fingerprint density at radius 1 is 1.31 bits per heavy atom. The van der Waals surface area contributed by atoms with Gasteiger partial charge in [-0.3, -0.25) is 0 Å². The molecule has 0 aliphatic rings. The van der Waals surface area contributed by atoms with E-state index >= 15 is 0 Å². The van der Waals surface area contributed by atoms with Crippen molar-refractivity contribution >= 4 is 33.5 Å². The number of rotatable bonds is 2. The Balaban J connectivity index is 2.59. The minimum atomic E-state index is -0.977. The molecule has 5 heteroatoms. The summed E-state index contributed by atoms with van der Waals surface area (Å²) in [4.78, 5) is 13.7. The average molecular weight is 301 g/mol. The van der Waals surface area contributed by atoms with Crippen LogP contribution in [0.4, 0.5) is 0 Å². The van der Waals surface area contributed by atoms with Crippen LogP contribution in [-0.2, 0) is 0 Å². The molecule has 16 heavy (non-hydrogen) atoms. The molecule has 0 aliphatic carbocycles. The fourth-order valence-electron chi connectivity index (χ4n) is 1.47. The monoisotopic (exact) mass is 299 g/mol. The molecule has 2 N–H and O–H groups in total. The van der Waals surface area contributed by atoms with Crippen molar-refractivity contribution in [1.82, 2.24) is 4.98 Å². The second-order valence-electron chi connectivity index (χ2n) is 3.21. The van der Waals surface area contributed by atoms with Crippen molar-refractivity contribution in [2.75, 3.05) is 0 Å². The number of nitrogens with one attached hydrogen (secondary N) is 1. The summed E-state index contributed by atoms with van der Waals surface area (Å²) in [5.74, 6) is -0.977. The zero-order chi connectivity index (χ0) is 11.7. The number of halogens is 2. The van der Waals surface area contributed by atoms with Crippen LogP contribution in [0.25, 0.3) is 11.1 Å². The second kappa shape index (κ2) is 4.31. The summed E-state index contributed by atoms with van der Waals surface area (Å²) >= 11 is 9.36. The highest BCUT2D eigenvalue weighted by molar-refractivity contribution is 9.10. The second-order valence-corrected chi connectivity index (χ2v) is 4.53. The Kier molecular flexibility index (Phi) is 3.03. The lowest BCUT2D eigenvalue weighted by atomic mass is 10.1. The third kappa shape index (κ3) is 1.99. The van der Waals surface area contributed by atoms with Crippen LogP contribution in [-0.4, -0.2) is 16.1 Å². The molecule has 0 bridgehead atoms. The van der Waals surface area contributed by atoms with Crippen LogP contribution in [0.15, 0.2) is 35.1 Å². The van der Waals surface area contributed by atoms with E-state index in [0.717, 1.165) is 4.47 Å². The zero-order valence-corrected chi connectivity index (χ0v) is 10.3. The van der Waals surface area contributed by atoms with Gasteiger partial charge in [0.25, 0.3) is 0 Å². The summed E-state index contributed by atoms with van der Waals surface area (Å²) in [5, 5.41) is 9.50. The van der Waals surface area contributed by atoms with E-state index < -0.39 is 5.97 Å². The van der Waals surface area contributed by atoms with Gasteiger partial charge in [-0.05, 0) is 12.1 Å². The van der Waals surface area contributed by atoms with E-state index in [2.05, 4.69) is 20.9 Å². The molecule has 0 saturated carbocycles. The van der Waals surface area contributed by atoms with Gasteiger partial charge in [-0.15, -0.1) is 0 Å². The fourth-order valence-corrected chi connectivity index (χ4v) is 2.25. The molecule has 2 rings (SSSR count). The van der Waals surface area contributed by atoms with Gasteiger partial charge >= 0.3 is 5.97 Å². The maximum atomic E-state index is 11.0. The number of H-pyrrole nitrogens is 1. The Morgan fingerprint density at radius 2 is 2.06 bits per heavy atom. The number of aromatic carboxylic acids is 1. The van der Waals surface area contributed by atoms with Crippen LogP contribution in [0.1, 0.15) is 10.4 Å². The number of carboxylic acids is 1. The first-order chi connectivity index (χ1) is 7.59. The quantitative estimate of drug-likeness (QED) is 0.886. The largest absolute Gasteiger partial charge is 0.478 e. The van der Waals surface area contributed by atoms with Crippen LogP contribution in [0, 0.1) is 0 Å². The van der Waals surface area contributed by atoms with Crippen molar-refractivity contribution in [2.24, 2.45) is 0 Å². The van der Waals surface area contributed by atoms with E-state index in [9.17, 15) is 4.79 Å². The van der Waals surface area contributed by atoms with Gasteiger partial charge in [0, 0.05) is 33.0 Å². The Labute approximate surface area is 105 Å². The van der Waals surface area contributed by atoms with Crippen molar-refractivity contribution in [3.05, 3.63) is 45.7 Å². The third-order valence-corrected chi connectivity index (χ3v) is 3.00. The van der Waals surface area contributed by atoms with Crippen LogP contribution < -0.4 is 0 Å². The highest BCUT2D eigenvalue weighted by atomic mass is 79.9. The predicted octanol–water partition coefficient (Wildman–Crippen LogP) is 3.80. The molecular formula is C11H7BrClNO2. The van der Waals surface area contributed by atoms with E-state index in [1.165, 1.54) is 6.20 Å². The molecule has 0 radical (unpaired) electrons. The summed E-state index contributed by atoms with van der Waals surface area (Å²) in [5.41, 5.74) is 1.50. The van der Waals surface area contributed by atoms with Crippen molar-refractivity contribution in [3.63, 3.8) is 0 Å². The van der Waals surface area contributed by atoms with Gasteiger partial charge in [-0.25, -0.2) is 4.79 Å². The first-order valence-electron chi connectivity index (χ1n) is 4.45. The lowest BCUT2D eigenvalue weighted by molar-refractivity contribution is 0.0698. The van der Waals surface area contributed by atoms with Crippen molar-refractivity contribution < 1.29 is 9.90 Å². The molecule has 0 amide bonds. The molecule has 1 aromatic heterocycles. The molecule has 0 unspecified atom stereocenters. The lowest BCUT2D eigenvalue weighted by Gasteiger charge is -2.04. The van der Waals surface area contributed by atoms with Gasteiger partial charge in [0.15, 0.2) is 0 Å². The smallest absolute Gasteiger partial charge is 0.337 e. The number of benzene rings is 1. The maximum Gasteiger partial charge on any atom is 0.337 e. The summed E-state index contributed by atoms with van der Waals surface area (Å²) in [6, 6.07) is 5.33. The van der Waals surface area contributed by atoms with Crippen LogP contribution in [0.5, 0.6) is 0 Å². The van der Waals surface area contributed by atoms with Crippen LogP contribution >= 0.6 is 27.5 Å². The summed E-state index contributed by atoms with van der Waals surface area (Å²) < 4.78 is 0.855. The highest BCUT2D eigenvalue weighted by Gasteiger charge is 2.14. The SMILES string of the molecule is O=C(O)c1c[nH]cc1-c1ccc(Br)cc1Cl. The molecular weight excluding hydrogens is 293 g/mol.